The van der Waals surface area contributed by atoms with Gasteiger partial charge in [-0.25, -0.2) is 0 Å². The third kappa shape index (κ3) is 6.16. The third-order valence-corrected chi connectivity index (χ3v) is 5.74. The van der Waals surface area contributed by atoms with Crippen LogP contribution in [0.25, 0.3) is 0 Å². The summed E-state index contributed by atoms with van der Waals surface area (Å²) >= 11 is 13.6. The van der Waals surface area contributed by atoms with Crippen molar-refractivity contribution >= 4 is 46.8 Å². The SMILES string of the molecule is CNC(=O)[C@@H](C)N(Cc1ccc(Cl)cc1Cl)C(=O)CSc1ccc(C)cc1. The van der Waals surface area contributed by atoms with E-state index in [4.69, 9.17) is 23.2 Å². The number of hydrogen-bond donors (Lipinski definition) is 1. The van der Waals surface area contributed by atoms with E-state index in [0.717, 1.165) is 16.0 Å². The van der Waals surface area contributed by atoms with Crippen LogP contribution in [0.5, 0.6) is 0 Å². The van der Waals surface area contributed by atoms with Crippen molar-refractivity contribution in [1.29, 1.82) is 0 Å². The molecule has 0 spiro atoms. The molecule has 0 aromatic heterocycles. The number of carbonyl (C=O) groups excluding carboxylic acids is 2. The summed E-state index contributed by atoms with van der Waals surface area (Å²) in [4.78, 5) is 27.6. The molecule has 0 aliphatic rings. The zero-order chi connectivity index (χ0) is 20.0. The lowest BCUT2D eigenvalue weighted by atomic mass is 10.1. The van der Waals surface area contributed by atoms with Gasteiger partial charge in [-0.3, -0.25) is 9.59 Å². The van der Waals surface area contributed by atoms with Gasteiger partial charge in [-0.05, 0) is 43.7 Å². The summed E-state index contributed by atoms with van der Waals surface area (Å²) in [6.07, 6.45) is 0. The first-order chi connectivity index (χ1) is 12.8. The molecular weight excluding hydrogens is 403 g/mol. The number of hydrogen-bond acceptors (Lipinski definition) is 3. The predicted octanol–water partition coefficient (Wildman–Crippen LogP) is 4.56. The summed E-state index contributed by atoms with van der Waals surface area (Å²) in [7, 11) is 1.55. The van der Waals surface area contributed by atoms with E-state index in [1.54, 1.807) is 32.2 Å². The van der Waals surface area contributed by atoms with Crippen molar-refractivity contribution in [2.45, 2.75) is 31.3 Å². The van der Waals surface area contributed by atoms with Gasteiger partial charge in [0.25, 0.3) is 0 Å². The second-order valence-corrected chi connectivity index (χ2v) is 8.04. The predicted molar refractivity (Wildman–Crippen MR) is 112 cm³/mol. The molecule has 1 N–H and O–H groups in total. The number of nitrogens with one attached hydrogen (secondary N) is 1. The van der Waals surface area contributed by atoms with Gasteiger partial charge >= 0.3 is 0 Å². The highest BCUT2D eigenvalue weighted by atomic mass is 35.5. The number of aryl methyl sites for hydroxylation is 1. The molecule has 4 nitrogen and oxygen atoms in total. The Hall–Kier alpha value is -1.69. The Morgan fingerprint density at radius 3 is 2.41 bits per heavy atom. The monoisotopic (exact) mass is 424 g/mol. The number of rotatable bonds is 7. The summed E-state index contributed by atoms with van der Waals surface area (Å²) in [5.41, 5.74) is 1.91. The smallest absolute Gasteiger partial charge is 0.242 e. The van der Waals surface area contributed by atoms with Gasteiger partial charge < -0.3 is 10.2 Å². The summed E-state index contributed by atoms with van der Waals surface area (Å²) in [5, 5.41) is 3.59. The second-order valence-electron chi connectivity index (χ2n) is 6.15. The van der Waals surface area contributed by atoms with Crippen LogP contribution in [-0.2, 0) is 16.1 Å². The molecule has 144 valence electrons. The van der Waals surface area contributed by atoms with Gasteiger partial charge in [0, 0.05) is 28.5 Å². The first-order valence-electron chi connectivity index (χ1n) is 8.46. The number of amides is 2. The quantitative estimate of drug-likeness (QED) is 0.662. The van der Waals surface area contributed by atoms with E-state index in [1.807, 2.05) is 31.2 Å². The number of nitrogens with zero attached hydrogens (tertiary/aromatic N) is 1. The average Bonchev–Trinajstić information content (AvgIpc) is 2.65. The molecule has 2 amide bonds. The Balaban J connectivity index is 2.16. The van der Waals surface area contributed by atoms with Crippen LogP contribution in [0.2, 0.25) is 10.0 Å². The molecule has 0 aliphatic heterocycles. The molecular formula is C20H22Cl2N2O2S. The zero-order valence-electron chi connectivity index (χ0n) is 15.5. The molecule has 2 aromatic carbocycles. The lowest BCUT2D eigenvalue weighted by Gasteiger charge is -2.28. The van der Waals surface area contributed by atoms with Gasteiger partial charge in [0.2, 0.25) is 11.8 Å². The van der Waals surface area contributed by atoms with E-state index in [2.05, 4.69) is 5.32 Å². The minimum absolute atomic E-state index is 0.136. The fourth-order valence-corrected chi connectivity index (χ4v) is 3.74. The minimum Gasteiger partial charge on any atom is -0.357 e. The Labute approximate surface area is 174 Å². The standard InChI is InChI=1S/C20H22Cl2N2O2S/c1-13-4-8-17(9-5-13)27-12-19(25)24(14(2)20(26)23-3)11-15-6-7-16(21)10-18(15)22/h4-10,14H,11-12H2,1-3H3,(H,23,26)/t14-/m1/s1. The first kappa shape index (κ1) is 21.6. The lowest BCUT2D eigenvalue weighted by molar-refractivity contribution is -0.138. The third-order valence-electron chi connectivity index (χ3n) is 4.15. The largest absolute Gasteiger partial charge is 0.357 e. The number of likely N-dealkylation sites (N-methyl/N-ethyl adjacent to an activating group) is 1. The number of halogens is 2. The van der Waals surface area contributed by atoms with Crippen LogP contribution >= 0.6 is 35.0 Å². The van der Waals surface area contributed by atoms with Gasteiger partial charge in [0.1, 0.15) is 6.04 Å². The molecule has 0 bridgehead atoms. The second kappa shape index (κ2) is 10.0. The van der Waals surface area contributed by atoms with Gasteiger partial charge in [0.05, 0.1) is 5.75 Å². The Morgan fingerprint density at radius 2 is 1.81 bits per heavy atom. The number of thioether (sulfide) groups is 1. The molecule has 7 heteroatoms. The average molecular weight is 425 g/mol. The minimum atomic E-state index is -0.618. The first-order valence-corrected chi connectivity index (χ1v) is 10.2. The molecule has 0 saturated carbocycles. The maximum Gasteiger partial charge on any atom is 0.242 e. The van der Waals surface area contributed by atoms with Crippen LogP contribution in [0.15, 0.2) is 47.4 Å². The van der Waals surface area contributed by atoms with E-state index in [-0.39, 0.29) is 24.1 Å². The molecule has 0 heterocycles. The van der Waals surface area contributed by atoms with E-state index in [9.17, 15) is 9.59 Å². The molecule has 2 rings (SSSR count). The van der Waals surface area contributed by atoms with Crippen molar-refractivity contribution in [2.24, 2.45) is 0 Å². The van der Waals surface area contributed by atoms with Crippen molar-refractivity contribution in [1.82, 2.24) is 10.2 Å². The van der Waals surface area contributed by atoms with Gasteiger partial charge in [-0.2, -0.15) is 0 Å². The van der Waals surface area contributed by atoms with Crippen molar-refractivity contribution in [3.8, 4) is 0 Å². The highest BCUT2D eigenvalue weighted by Gasteiger charge is 2.26. The fraction of sp³-hybridized carbons (Fsp3) is 0.300. The molecule has 2 aromatic rings. The van der Waals surface area contributed by atoms with Gasteiger partial charge in [-0.1, -0.05) is 47.0 Å². The molecule has 0 saturated heterocycles. The van der Waals surface area contributed by atoms with Gasteiger partial charge in [-0.15, -0.1) is 11.8 Å². The van der Waals surface area contributed by atoms with Crippen molar-refractivity contribution in [3.05, 3.63) is 63.6 Å². The maximum absolute atomic E-state index is 12.9. The van der Waals surface area contributed by atoms with E-state index >= 15 is 0 Å². The van der Waals surface area contributed by atoms with Crippen molar-refractivity contribution < 1.29 is 9.59 Å². The summed E-state index contributed by atoms with van der Waals surface area (Å²) in [6.45, 7) is 3.96. The molecule has 0 aliphatic carbocycles. The Bertz CT molecular complexity index is 812. The zero-order valence-corrected chi connectivity index (χ0v) is 17.8. The lowest BCUT2D eigenvalue weighted by Crippen LogP contribution is -2.47. The van der Waals surface area contributed by atoms with E-state index in [1.165, 1.54) is 16.7 Å². The van der Waals surface area contributed by atoms with Crippen LogP contribution in [0.4, 0.5) is 0 Å². The van der Waals surface area contributed by atoms with E-state index < -0.39 is 6.04 Å². The number of carbonyl (C=O) groups is 2. The molecule has 0 fully saturated rings. The summed E-state index contributed by atoms with van der Waals surface area (Å²) in [6, 6.07) is 12.5. The molecule has 0 radical (unpaired) electrons. The maximum atomic E-state index is 12.9. The molecule has 0 unspecified atom stereocenters. The summed E-state index contributed by atoms with van der Waals surface area (Å²) < 4.78 is 0. The highest BCUT2D eigenvalue weighted by molar-refractivity contribution is 8.00. The van der Waals surface area contributed by atoms with Crippen molar-refractivity contribution in [3.63, 3.8) is 0 Å². The number of benzene rings is 2. The highest BCUT2D eigenvalue weighted by Crippen LogP contribution is 2.24. The molecule has 1 atom stereocenters. The Morgan fingerprint density at radius 1 is 1.15 bits per heavy atom. The van der Waals surface area contributed by atoms with Gasteiger partial charge in [0.15, 0.2) is 0 Å². The van der Waals surface area contributed by atoms with Crippen LogP contribution in [0.3, 0.4) is 0 Å². The normalized spacial score (nSPS) is 11.7. The van der Waals surface area contributed by atoms with Crippen LogP contribution in [0.1, 0.15) is 18.1 Å². The molecule has 27 heavy (non-hydrogen) atoms. The topological polar surface area (TPSA) is 49.4 Å². The van der Waals surface area contributed by atoms with Crippen LogP contribution in [0, 0.1) is 6.92 Å². The Kier molecular flexibility index (Phi) is 8.02. The summed E-state index contributed by atoms with van der Waals surface area (Å²) in [5.74, 6) is -0.133. The van der Waals surface area contributed by atoms with E-state index in [0.29, 0.717) is 10.0 Å². The van der Waals surface area contributed by atoms with Crippen LogP contribution in [-0.4, -0.2) is 35.6 Å². The van der Waals surface area contributed by atoms with Crippen molar-refractivity contribution in [2.75, 3.05) is 12.8 Å². The fourth-order valence-electron chi connectivity index (χ4n) is 2.49. The van der Waals surface area contributed by atoms with Crippen LogP contribution < -0.4 is 5.32 Å².